The SMILES string of the molecule is O=C1CCN(C(=O)C2CCN(C(=O)c3ccc(Br)cc3)CC2)CC1. The Morgan fingerprint density at radius 1 is 0.917 bits per heavy atom. The van der Waals surface area contributed by atoms with Crippen LogP contribution in [-0.4, -0.2) is 53.6 Å². The Morgan fingerprint density at radius 3 is 2.08 bits per heavy atom. The Kier molecular flexibility index (Phi) is 5.33. The molecular weight excluding hydrogens is 372 g/mol. The molecule has 5 nitrogen and oxygen atoms in total. The molecule has 2 heterocycles. The average Bonchev–Trinajstić information content (AvgIpc) is 2.62. The van der Waals surface area contributed by atoms with E-state index in [1.807, 2.05) is 34.1 Å². The van der Waals surface area contributed by atoms with Crippen molar-refractivity contribution in [3.05, 3.63) is 34.3 Å². The molecular formula is C18H21BrN2O3. The lowest BCUT2D eigenvalue weighted by molar-refractivity contribution is -0.139. The third-order valence-electron chi connectivity index (χ3n) is 4.86. The molecule has 0 bridgehead atoms. The Labute approximate surface area is 150 Å². The number of benzene rings is 1. The predicted octanol–water partition coefficient (Wildman–Crippen LogP) is 2.49. The van der Waals surface area contributed by atoms with Gasteiger partial charge in [-0.2, -0.15) is 0 Å². The van der Waals surface area contributed by atoms with Crippen molar-refractivity contribution >= 4 is 33.5 Å². The van der Waals surface area contributed by atoms with Crippen molar-refractivity contribution in [2.24, 2.45) is 5.92 Å². The van der Waals surface area contributed by atoms with Gasteiger partial charge in [-0.3, -0.25) is 14.4 Å². The van der Waals surface area contributed by atoms with Crippen molar-refractivity contribution in [1.82, 2.24) is 9.80 Å². The number of halogens is 1. The smallest absolute Gasteiger partial charge is 0.253 e. The van der Waals surface area contributed by atoms with Crippen molar-refractivity contribution in [1.29, 1.82) is 0 Å². The third kappa shape index (κ3) is 3.86. The van der Waals surface area contributed by atoms with Crippen LogP contribution in [0.1, 0.15) is 36.0 Å². The molecule has 0 N–H and O–H groups in total. The van der Waals surface area contributed by atoms with Crippen LogP contribution in [0.25, 0.3) is 0 Å². The molecule has 1 aromatic carbocycles. The summed E-state index contributed by atoms with van der Waals surface area (Å²) in [6.07, 6.45) is 2.36. The number of hydrogen-bond donors (Lipinski definition) is 0. The van der Waals surface area contributed by atoms with Gasteiger partial charge < -0.3 is 9.80 Å². The van der Waals surface area contributed by atoms with Gasteiger partial charge in [0, 0.05) is 55.0 Å². The number of likely N-dealkylation sites (tertiary alicyclic amines) is 2. The van der Waals surface area contributed by atoms with Gasteiger partial charge in [0.2, 0.25) is 5.91 Å². The lowest BCUT2D eigenvalue weighted by Gasteiger charge is -2.35. The second-order valence-corrected chi connectivity index (χ2v) is 7.35. The van der Waals surface area contributed by atoms with E-state index in [2.05, 4.69) is 15.9 Å². The van der Waals surface area contributed by atoms with Crippen molar-refractivity contribution in [2.75, 3.05) is 26.2 Å². The summed E-state index contributed by atoms with van der Waals surface area (Å²) in [5.74, 6) is 0.399. The fourth-order valence-corrected chi connectivity index (χ4v) is 3.60. The first-order valence-corrected chi connectivity index (χ1v) is 9.19. The van der Waals surface area contributed by atoms with Crippen molar-refractivity contribution in [3.63, 3.8) is 0 Å². The summed E-state index contributed by atoms with van der Waals surface area (Å²) >= 11 is 3.37. The maximum atomic E-state index is 12.5. The van der Waals surface area contributed by atoms with E-state index in [-0.39, 0.29) is 23.5 Å². The van der Waals surface area contributed by atoms with Crippen LogP contribution in [0.2, 0.25) is 0 Å². The number of Topliss-reactive ketones (excluding diaryl/α,β-unsaturated/α-hetero) is 1. The highest BCUT2D eigenvalue weighted by Gasteiger charge is 2.31. The van der Waals surface area contributed by atoms with Crippen molar-refractivity contribution in [2.45, 2.75) is 25.7 Å². The standard InChI is InChI=1S/C18H21BrN2O3/c19-15-3-1-13(2-4-15)17(23)20-9-5-14(6-10-20)18(24)21-11-7-16(22)8-12-21/h1-4,14H,5-12H2. The Hall–Kier alpha value is -1.69. The second kappa shape index (κ2) is 7.47. The highest BCUT2D eigenvalue weighted by Crippen LogP contribution is 2.23. The Balaban J connectivity index is 1.53. The monoisotopic (exact) mass is 392 g/mol. The van der Waals surface area contributed by atoms with Crippen molar-refractivity contribution < 1.29 is 14.4 Å². The zero-order chi connectivity index (χ0) is 17.1. The lowest BCUT2D eigenvalue weighted by atomic mass is 9.94. The molecule has 0 radical (unpaired) electrons. The zero-order valence-electron chi connectivity index (χ0n) is 13.5. The maximum Gasteiger partial charge on any atom is 0.253 e. The fraction of sp³-hybridized carbons (Fsp3) is 0.500. The molecule has 0 atom stereocenters. The number of nitrogens with zero attached hydrogens (tertiary/aromatic N) is 2. The van der Waals surface area contributed by atoms with Crippen LogP contribution in [-0.2, 0) is 9.59 Å². The van der Waals surface area contributed by atoms with Gasteiger partial charge in [0.1, 0.15) is 5.78 Å². The number of rotatable bonds is 2. The molecule has 2 aliphatic rings. The summed E-state index contributed by atoms with van der Waals surface area (Å²) in [5, 5.41) is 0. The van der Waals surface area contributed by atoms with Crippen LogP contribution in [0.5, 0.6) is 0 Å². The minimum atomic E-state index is -0.0211. The zero-order valence-corrected chi connectivity index (χ0v) is 15.1. The molecule has 0 unspecified atom stereocenters. The molecule has 0 spiro atoms. The lowest BCUT2D eigenvalue weighted by Crippen LogP contribution is -2.46. The van der Waals surface area contributed by atoms with Gasteiger partial charge in [0.05, 0.1) is 0 Å². The first kappa shape index (κ1) is 17.1. The normalized spacial score (nSPS) is 19.5. The molecule has 2 aliphatic heterocycles. The van der Waals surface area contributed by atoms with Gasteiger partial charge in [-0.05, 0) is 37.1 Å². The van der Waals surface area contributed by atoms with Gasteiger partial charge in [0.25, 0.3) is 5.91 Å². The predicted molar refractivity (Wildman–Crippen MR) is 93.6 cm³/mol. The van der Waals surface area contributed by atoms with Crippen LogP contribution in [0, 0.1) is 5.92 Å². The molecule has 128 valence electrons. The van der Waals surface area contributed by atoms with Crippen molar-refractivity contribution in [3.8, 4) is 0 Å². The number of carbonyl (C=O) groups excluding carboxylic acids is 3. The molecule has 2 fully saturated rings. The van der Waals surface area contributed by atoms with E-state index in [4.69, 9.17) is 0 Å². The van der Waals surface area contributed by atoms with Crippen LogP contribution in [0.4, 0.5) is 0 Å². The summed E-state index contributed by atoms with van der Waals surface area (Å²) < 4.78 is 0.948. The van der Waals surface area contributed by atoms with Gasteiger partial charge >= 0.3 is 0 Å². The molecule has 0 aliphatic carbocycles. The minimum absolute atomic E-state index is 0.0211. The van der Waals surface area contributed by atoms with Gasteiger partial charge in [-0.25, -0.2) is 0 Å². The summed E-state index contributed by atoms with van der Waals surface area (Å²) in [4.78, 5) is 40.0. The van der Waals surface area contributed by atoms with Crippen LogP contribution in [0.3, 0.4) is 0 Å². The molecule has 3 rings (SSSR count). The van der Waals surface area contributed by atoms with E-state index in [0.29, 0.717) is 57.4 Å². The molecule has 2 amide bonds. The van der Waals surface area contributed by atoms with E-state index in [1.54, 1.807) is 0 Å². The highest BCUT2D eigenvalue weighted by atomic mass is 79.9. The van der Waals surface area contributed by atoms with Crippen LogP contribution in [0.15, 0.2) is 28.7 Å². The van der Waals surface area contributed by atoms with Crippen LogP contribution < -0.4 is 0 Å². The number of hydrogen-bond acceptors (Lipinski definition) is 3. The second-order valence-electron chi connectivity index (χ2n) is 6.44. The molecule has 1 aromatic rings. The molecule has 2 saturated heterocycles. The third-order valence-corrected chi connectivity index (χ3v) is 5.38. The topological polar surface area (TPSA) is 57.7 Å². The Morgan fingerprint density at radius 2 is 1.50 bits per heavy atom. The quantitative estimate of drug-likeness (QED) is 0.776. The summed E-state index contributed by atoms with van der Waals surface area (Å²) in [7, 11) is 0. The van der Waals surface area contributed by atoms with E-state index in [9.17, 15) is 14.4 Å². The number of carbonyl (C=O) groups is 3. The highest BCUT2D eigenvalue weighted by molar-refractivity contribution is 9.10. The average molecular weight is 393 g/mol. The number of ketones is 1. The minimum Gasteiger partial charge on any atom is -0.342 e. The number of amides is 2. The largest absolute Gasteiger partial charge is 0.342 e. The fourth-order valence-electron chi connectivity index (χ4n) is 3.34. The van der Waals surface area contributed by atoms with Gasteiger partial charge in [-0.15, -0.1) is 0 Å². The Bertz CT molecular complexity index is 626. The molecule has 24 heavy (non-hydrogen) atoms. The molecule has 0 saturated carbocycles. The first-order chi connectivity index (χ1) is 11.5. The summed E-state index contributed by atoms with van der Waals surface area (Å²) in [6, 6.07) is 7.35. The van der Waals surface area contributed by atoms with E-state index < -0.39 is 0 Å². The molecule has 0 aromatic heterocycles. The maximum absolute atomic E-state index is 12.5. The first-order valence-electron chi connectivity index (χ1n) is 8.40. The van der Waals surface area contributed by atoms with E-state index in [1.165, 1.54) is 0 Å². The van der Waals surface area contributed by atoms with E-state index >= 15 is 0 Å². The van der Waals surface area contributed by atoms with Crippen LogP contribution >= 0.6 is 15.9 Å². The van der Waals surface area contributed by atoms with Gasteiger partial charge in [0.15, 0.2) is 0 Å². The van der Waals surface area contributed by atoms with E-state index in [0.717, 1.165) is 4.47 Å². The number of piperidine rings is 2. The summed E-state index contributed by atoms with van der Waals surface area (Å²) in [6.45, 7) is 2.32. The molecule has 6 heteroatoms. The van der Waals surface area contributed by atoms with Gasteiger partial charge in [-0.1, -0.05) is 15.9 Å². The summed E-state index contributed by atoms with van der Waals surface area (Å²) in [5.41, 5.74) is 0.678.